The Morgan fingerprint density at radius 3 is 2.62 bits per heavy atom. The molecule has 2 N–H and O–H groups in total. The van der Waals surface area contributed by atoms with Crippen molar-refractivity contribution in [3.63, 3.8) is 0 Å². The second kappa shape index (κ2) is 3.86. The SMILES string of the molecule is CN1CCc2c(CN)nn(C(C)(C)C)c2C1. The number of nitrogens with zero attached hydrogens (tertiary/aromatic N) is 3. The summed E-state index contributed by atoms with van der Waals surface area (Å²) in [4.78, 5) is 2.34. The molecule has 4 heteroatoms. The van der Waals surface area contributed by atoms with Gasteiger partial charge in [0.1, 0.15) is 0 Å². The van der Waals surface area contributed by atoms with Crippen molar-refractivity contribution in [1.82, 2.24) is 14.7 Å². The van der Waals surface area contributed by atoms with Gasteiger partial charge in [0, 0.05) is 25.2 Å². The Morgan fingerprint density at radius 2 is 2.06 bits per heavy atom. The molecule has 4 nitrogen and oxygen atoms in total. The lowest BCUT2D eigenvalue weighted by molar-refractivity contribution is 0.272. The molecule has 0 radical (unpaired) electrons. The minimum absolute atomic E-state index is 0.0374. The van der Waals surface area contributed by atoms with Crippen LogP contribution in [-0.2, 0) is 25.0 Å². The molecular formula is C12H22N4. The number of fused-ring (bicyclic) bond motifs is 1. The Hall–Kier alpha value is -0.870. The zero-order valence-electron chi connectivity index (χ0n) is 10.7. The van der Waals surface area contributed by atoms with Crippen molar-refractivity contribution < 1.29 is 0 Å². The highest BCUT2D eigenvalue weighted by Crippen LogP contribution is 2.26. The van der Waals surface area contributed by atoms with E-state index >= 15 is 0 Å². The van der Waals surface area contributed by atoms with Gasteiger partial charge in [-0.1, -0.05) is 0 Å². The van der Waals surface area contributed by atoms with E-state index < -0.39 is 0 Å². The molecule has 0 aromatic carbocycles. The molecule has 0 saturated heterocycles. The van der Waals surface area contributed by atoms with Crippen LogP contribution in [0.2, 0.25) is 0 Å². The summed E-state index contributed by atoms with van der Waals surface area (Å²) >= 11 is 0. The minimum Gasteiger partial charge on any atom is -0.325 e. The first-order chi connectivity index (χ1) is 7.43. The molecule has 2 rings (SSSR count). The molecule has 0 saturated carbocycles. The van der Waals surface area contributed by atoms with Gasteiger partial charge in [0.05, 0.1) is 16.9 Å². The molecule has 16 heavy (non-hydrogen) atoms. The molecule has 1 aliphatic rings. The summed E-state index contributed by atoms with van der Waals surface area (Å²) in [6, 6.07) is 0. The smallest absolute Gasteiger partial charge is 0.0796 e. The van der Waals surface area contributed by atoms with Crippen molar-refractivity contribution in [1.29, 1.82) is 0 Å². The van der Waals surface area contributed by atoms with Crippen LogP contribution in [0.1, 0.15) is 37.7 Å². The first-order valence-electron chi connectivity index (χ1n) is 5.92. The molecule has 1 aromatic heterocycles. The first kappa shape index (κ1) is 11.6. The highest BCUT2D eigenvalue weighted by atomic mass is 15.3. The zero-order chi connectivity index (χ0) is 11.9. The molecule has 0 aliphatic carbocycles. The van der Waals surface area contributed by atoms with Gasteiger partial charge in [-0.3, -0.25) is 4.68 Å². The molecule has 0 fully saturated rings. The van der Waals surface area contributed by atoms with E-state index in [9.17, 15) is 0 Å². The average molecular weight is 222 g/mol. The zero-order valence-corrected chi connectivity index (χ0v) is 10.7. The molecule has 0 bridgehead atoms. The van der Waals surface area contributed by atoms with E-state index in [1.165, 1.54) is 11.3 Å². The van der Waals surface area contributed by atoms with Crippen molar-refractivity contribution in [3.8, 4) is 0 Å². The van der Waals surface area contributed by atoms with Gasteiger partial charge in [-0.2, -0.15) is 5.10 Å². The monoisotopic (exact) mass is 222 g/mol. The lowest BCUT2D eigenvalue weighted by Crippen LogP contribution is -2.32. The van der Waals surface area contributed by atoms with E-state index in [1.807, 2.05) is 0 Å². The third kappa shape index (κ3) is 1.87. The van der Waals surface area contributed by atoms with E-state index in [-0.39, 0.29) is 5.54 Å². The van der Waals surface area contributed by atoms with Crippen LogP contribution < -0.4 is 5.73 Å². The lowest BCUT2D eigenvalue weighted by atomic mass is 10.0. The summed E-state index contributed by atoms with van der Waals surface area (Å²) in [6.07, 6.45) is 1.08. The molecule has 0 amide bonds. The second-order valence-corrected chi connectivity index (χ2v) is 5.65. The van der Waals surface area contributed by atoms with E-state index in [4.69, 9.17) is 5.73 Å². The van der Waals surface area contributed by atoms with Gasteiger partial charge >= 0.3 is 0 Å². The summed E-state index contributed by atoms with van der Waals surface area (Å²) in [6.45, 7) is 9.21. The van der Waals surface area contributed by atoms with Crippen LogP contribution in [0.5, 0.6) is 0 Å². The summed E-state index contributed by atoms with van der Waals surface area (Å²) < 4.78 is 2.15. The Morgan fingerprint density at radius 1 is 1.38 bits per heavy atom. The van der Waals surface area contributed by atoms with Gasteiger partial charge in [0.25, 0.3) is 0 Å². The Balaban J connectivity index is 2.51. The molecule has 0 spiro atoms. The number of aromatic nitrogens is 2. The van der Waals surface area contributed by atoms with Crippen LogP contribution in [0.3, 0.4) is 0 Å². The van der Waals surface area contributed by atoms with Crippen molar-refractivity contribution in [3.05, 3.63) is 17.0 Å². The third-order valence-electron chi connectivity index (χ3n) is 3.17. The molecule has 1 aromatic rings. The Kier molecular flexibility index (Phi) is 2.80. The quantitative estimate of drug-likeness (QED) is 0.773. The van der Waals surface area contributed by atoms with Gasteiger partial charge in [-0.25, -0.2) is 0 Å². The van der Waals surface area contributed by atoms with Gasteiger partial charge < -0.3 is 10.6 Å². The predicted molar refractivity (Wildman–Crippen MR) is 65.2 cm³/mol. The Labute approximate surface area is 97.4 Å². The fourth-order valence-electron chi connectivity index (χ4n) is 2.34. The van der Waals surface area contributed by atoms with Gasteiger partial charge in [0.15, 0.2) is 0 Å². The maximum absolute atomic E-state index is 5.78. The van der Waals surface area contributed by atoms with Crippen molar-refractivity contribution in [2.75, 3.05) is 13.6 Å². The van der Waals surface area contributed by atoms with Crippen LogP contribution in [-0.4, -0.2) is 28.3 Å². The van der Waals surface area contributed by atoms with Crippen LogP contribution in [0.4, 0.5) is 0 Å². The Bertz CT molecular complexity index is 386. The summed E-state index contributed by atoms with van der Waals surface area (Å²) in [5.41, 5.74) is 9.63. The third-order valence-corrected chi connectivity index (χ3v) is 3.17. The number of hydrogen-bond acceptors (Lipinski definition) is 3. The highest BCUT2D eigenvalue weighted by molar-refractivity contribution is 5.29. The molecule has 0 atom stereocenters. The van der Waals surface area contributed by atoms with Gasteiger partial charge in [0.2, 0.25) is 0 Å². The fraction of sp³-hybridized carbons (Fsp3) is 0.750. The fourth-order valence-corrected chi connectivity index (χ4v) is 2.34. The average Bonchev–Trinajstić information content (AvgIpc) is 2.54. The van der Waals surface area contributed by atoms with E-state index in [1.54, 1.807) is 0 Å². The largest absolute Gasteiger partial charge is 0.325 e. The molecule has 1 aliphatic heterocycles. The maximum atomic E-state index is 5.78. The van der Waals surface area contributed by atoms with E-state index in [2.05, 4.69) is 42.5 Å². The topological polar surface area (TPSA) is 47.1 Å². The molecule has 90 valence electrons. The highest BCUT2D eigenvalue weighted by Gasteiger charge is 2.27. The van der Waals surface area contributed by atoms with Gasteiger partial charge in [-0.15, -0.1) is 0 Å². The van der Waals surface area contributed by atoms with Crippen LogP contribution >= 0.6 is 0 Å². The summed E-state index contributed by atoms with van der Waals surface area (Å²) in [7, 11) is 2.16. The van der Waals surface area contributed by atoms with Crippen molar-refractivity contribution >= 4 is 0 Å². The second-order valence-electron chi connectivity index (χ2n) is 5.65. The minimum atomic E-state index is 0.0374. The molecular weight excluding hydrogens is 200 g/mol. The lowest BCUT2D eigenvalue weighted by Gasteiger charge is -2.28. The number of rotatable bonds is 1. The van der Waals surface area contributed by atoms with Crippen LogP contribution in [0.25, 0.3) is 0 Å². The molecule has 0 unspecified atom stereocenters. The first-order valence-corrected chi connectivity index (χ1v) is 5.92. The van der Waals surface area contributed by atoms with E-state index in [0.717, 1.165) is 25.2 Å². The van der Waals surface area contributed by atoms with Crippen LogP contribution in [0, 0.1) is 0 Å². The predicted octanol–water partition coefficient (Wildman–Crippen LogP) is 1.08. The van der Waals surface area contributed by atoms with Gasteiger partial charge in [-0.05, 0) is 34.2 Å². The van der Waals surface area contributed by atoms with E-state index in [0.29, 0.717) is 6.54 Å². The number of likely N-dealkylation sites (N-methyl/N-ethyl adjacent to an activating group) is 1. The normalized spacial score (nSPS) is 17.6. The number of nitrogens with two attached hydrogens (primary N) is 1. The van der Waals surface area contributed by atoms with Crippen molar-refractivity contribution in [2.45, 2.75) is 45.8 Å². The summed E-state index contributed by atoms with van der Waals surface area (Å²) in [5.74, 6) is 0. The number of hydrogen-bond donors (Lipinski definition) is 1. The maximum Gasteiger partial charge on any atom is 0.0796 e. The van der Waals surface area contributed by atoms with Crippen LogP contribution in [0.15, 0.2) is 0 Å². The standard InChI is InChI=1S/C12H22N4/c1-12(2,3)16-11-8-15(4)6-5-9(11)10(7-13)14-16/h5-8,13H2,1-4H3. The molecule has 2 heterocycles. The van der Waals surface area contributed by atoms with Crippen molar-refractivity contribution in [2.24, 2.45) is 5.73 Å². The summed E-state index contributed by atoms with van der Waals surface area (Å²) in [5, 5.41) is 4.68.